The Morgan fingerprint density at radius 1 is 0.960 bits per heavy atom. The lowest BCUT2D eigenvalue weighted by molar-refractivity contribution is 0.112. The maximum Gasteiger partial charge on any atom is 0.166 e. The Bertz CT molecular complexity index is 863. The van der Waals surface area contributed by atoms with Crippen LogP contribution in [0.3, 0.4) is 0 Å². The second-order valence-electron chi connectivity index (χ2n) is 8.50. The van der Waals surface area contributed by atoms with Gasteiger partial charge in [0, 0.05) is 11.1 Å². The largest absolute Gasteiger partial charge is 0.504 e. The molecule has 1 aliphatic rings. The van der Waals surface area contributed by atoms with Gasteiger partial charge < -0.3 is 5.11 Å². The Labute approximate surface area is 148 Å². The summed E-state index contributed by atoms with van der Waals surface area (Å²) < 4.78 is 14.0. The summed E-state index contributed by atoms with van der Waals surface area (Å²) in [6, 6.07) is 6.86. The summed E-state index contributed by atoms with van der Waals surface area (Å²) in [6.07, 6.45) is 2.79. The van der Waals surface area contributed by atoms with Gasteiger partial charge in [0.1, 0.15) is 6.29 Å². The van der Waals surface area contributed by atoms with E-state index in [2.05, 4.69) is 39.8 Å². The molecule has 2 nitrogen and oxygen atoms in total. The molecule has 0 saturated heterocycles. The second kappa shape index (κ2) is 5.69. The fraction of sp³-hybridized carbons (Fsp3) is 0.409. The molecule has 0 radical (unpaired) electrons. The van der Waals surface area contributed by atoms with Crippen molar-refractivity contribution in [3.63, 3.8) is 0 Å². The van der Waals surface area contributed by atoms with Crippen molar-refractivity contribution < 1.29 is 14.3 Å². The molecule has 0 saturated carbocycles. The van der Waals surface area contributed by atoms with Crippen LogP contribution in [-0.4, -0.2) is 11.4 Å². The molecule has 132 valence electrons. The zero-order chi connectivity index (χ0) is 18.6. The number of halogens is 1. The summed E-state index contributed by atoms with van der Waals surface area (Å²) in [6.45, 7) is 10.9. The van der Waals surface area contributed by atoms with E-state index in [0.717, 1.165) is 30.0 Å². The van der Waals surface area contributed by atoms with Gasteiger partial charge in [-0.3, -0.25) is 4.79 Å². The van der Waals surface area contributed by atoms with Crippen molar-refractivity contribution in [1.29, 1.82) is 0 Å². The highest BCUT2D eigenvalue weighted by Crippen LogP contribution is 2.48. The highest BCUT2D eigenvalue weighted by molar-refractivity contribution is 5.83. The topological polar surface area (TPSA) is 37.3 Å². The van der Waals surface area contributed by atoms with E-state index < -0.39 is 11.6 Å². The van der Waals surface area contributed by atoms with Crippen LogP contribution in [0.15, 0.2) is 24.3 Å². The van der Waals surface area contributed by atoms with Crippen molar-refractivity contribution in [2.45, 2.75) is 58.3 Å². The summed E-state index contributed by atoms with van der Waals surface area (Å²) in [7, 11) is 0. The molecule has 3 rings (SSSR count). The number of phenolic OH excluding ortho intramolecular Hbond substituents is 1. The summed E-state index contributed by atoms with van der Waals surface area (Å²) in [4.78, 5) is 11.1. The van der Waals surface area contributed by atoms with Crippen LogP contribution in [0.1, 0.15) is 67.6 Å². The van der Waals surface area contributed by atoms with E-state index in [4.69, 9.17) is 0 Å². The number of carbonyl (C=O) groups excluding carboxylic acids is 1. The molecular formula is C22H25FO2. The van der Waals surface area contributed by atoms with Crippen LogP contribution in [0.4, 0.5) is 4.39 Å². The molecule has 0 heterocycles. The first-order valence-corrected chi connectivity index (χ1v) is 8.70. The predicted molar refractivity (Wildman–Crippen MR) is 98.9 cm³/mol. The number of fused-ring (bicyclic) bond motifs is 1. The van der Waals surface area contributed by atoms with Crippen molar-refractivity contribution in [2.75, 3.05) is 0 Å². The van der Waals surface area contributed by atoms with Crippen LogP contribution in [-0.2, 0) is 10.8 Å². The van der Waals surface area contributed by atoms with Gasteiger partial charge in [-0.2, -0.15) is 0 Å². The fourth-order valence-corrected chi connectivity index (χ4v) is 3.91. The number of aromatic hydroxyl groups is 1. The fourth-order valence-electron chi connectivity index (χ4n) is 3.91. The Kier molecular flexibility index (Phi) is 4.02. The Hall–Kier alpha value is -2.16. The summed E-state index contributed by atoms with van der Waals surface area (Å²) in [5.41, 5.74) is 5.02. The van der Waals surface area contributed by atoms with Gasteiger partial charge in [0.15, 0.2) is 11.6 Å². The van der Waals surface area contributed by atoms with Gasteiger partial charge in [-0.05, 0) is 71.0 Å². The van der Waals surface area contributed by atoms with Crippen molar-refractivity contribution in [2.24, 2.45) is 0 Å². The molecule has 2 aromatic rings. The van der Waals surface area contributed by atoms with Gasteiger partial charge in [0.2, 0.25) is 0 Å². The molecule has 0 fully saturated rings. The first-order chi connectivity index (χ1) is 11.6. The zero-order valence-corrected chi connectivity index (χ0v) is 15.5. The van der Waals surface area contributed by atoms with Gasteiger partial charge in [-0.1, -0.05) is 33.8 Å². The molecule has 0 atom stereocenters. The Balaban J connectivity index is 2.31. The normalized spacial score (nSPS) is 17.8. The lowest BCUT2D eigenvalue weighted by atomic mass is 9.62. The molecule has 25 heavy (non-hydrogen) atoms. The number of phenols is 1. The van der Waals surface area contributed by atoms with Gasteiger partial charge >= 0.3 is 0 Å². The highest BCUT2D eigenvalue weighted by atomic mass is 19.1. The van der Waals surface area contributed by atoms with Crippen LogP contribution in [0.2, 0.25) is 0 Å². The lowest BCUT2D eigenvalue weighted by Gasteiger charge is -2.42. The monoisotopic (exact) mass is 340 g/mol. The van der Waals surface area contributed by atoms with Crippen molar-refractivity contribution in [1.82, 2.24) is 0 Å². The van der Waals surface area contributed by atoms with E-state index in [1.807, 2.05) is 6.92 Å². The van der Waals surface area contributed by atoms with Crippen LogP contribution in [0.25, 0.3) is 11.1 Å². The van der Waals surface area contributed by atoms with Crippen LogP contribution >= 0.6 is 0 Å². The van der Waals surface area contributed by atoms with E-state index >= 15 is 0 Å². The lowest BCUT2D eigenvalue weighted by Crippen LogP contribution is -2.34. The van der Waals surface area contributed by atoms with Crippen molar-refractivity contribution >= 4 is 6.29 Å². The summed E-state index contributed by atoms with van der Waals surface area (Å²) >= 11 is 0. The molecule has 0 amide bonds. The third-order valence-electron chi connectivity index (χ3n) is 5.71. The van der Waals surface area contributed by atoms with E-state index in [0.29, 0.717) is 11.8 Å². The number of aldehydes is 1. The molecule has 0 spiro atoms. The minimum Gasteiger partial charge on any atom is -0.504 e. The quantitative estimate of drug-likeness (QED) is 0.715. The molecule has 2 aromatic carbocycles. The molecule has 3 heteroatoms. The third-order valence-corrected chi connectivity index (χ3v) is 5.71. The number of aryl methyl sites for hydroxylation is 1. The highest BCUT2D eigenvalue weighted by Gasteiger charge is 2.37. The smallest absolute Gasteiger partial charge is 0.166 e. The van der Waals surface area contributed by atoms with Gasteiger partial charge in [-0.25, -0.2) is 4.39 Å². The number of rotatable bonds is 2. The molecule has 0 aliphatic heterocycles. The average molecular weight is 340 g/mol. The third kappa shape index (κ3) is 2.86. The number of hydrogen-bond acceptors (Lipinski definition) is 2. The molecule has 1 N–H and O–H groups in total. The Morgan fingerprint density at radius 3 is 2.08 bits per heavy atom. The summed E-state index contributed by atoms with van der Waals surface area (Å²) in [5.74, 6) is -1.17. The van der Waals surface area contributed by atoms with Gasteiger partial charge in [-0.15, -0.1) is 0 Å². The number of benzene rings is 2. The number of carbonyl (C=O) groups is 1. The SMILES string of the molecule is Cc1cc2c(cc1-c1cc(C=O)cc(F)c1O)C(C)(C)CCC2(C)C. The van der Waals surface area contributed by atoms with Gasteiger partial charge in [0.05, 0.1) is 0 Å². The van der Waals surface area contributed by atoms with E-state index in [9.17, 15) is 14.3 Å². The molecular weight excluding hydrogens is 315 g/mol. The molecule has 0 aromatic heterocycles. The second-order valence-corrected chi connectivity index (χ2v) is 8.50. The average Bonchev–Trinajstić information content (AvgIpc) is 2.54. The van der Waals surface area contributed by atoms with E-state index in [-0.39, 0.29) is 16.4 Å². The minimum atomic E-state index is -0.767. The summed E-state index contributed by atoms with van der Waals surface area (Å²) in [5, 5.41) is 10.2. The predicted octanol–water partition coefficient (Wildman–Crippen LogP) is 5.67. The standard InChI is InChI=1S/C22H25FO2/c1-13-8-17-18(22(4,5)7-6-21(17,2)3)11-15(13)16-9-14(12-24)10-19(23)20(16)25/h8-12,25H,6-7H2,1-5H3. The van der Waals surface area contributed by atoms with Crippen LogP contribution < -0.4 is 0 Å². The minimum absolute atomic E-state index is 0.0176. The van der Waals surface area contributed by atoms with E-state index in [1.54, 1.807) is 6.07 Å². The molecule has 1 aliphatic carbocycles. The first kappa shape index (κ1) is 17.7. The molecule has 0 unspecified atom stereocenters. The van der Waals surface area contributed by atoms with Crippen molar-refractivity contribution in [3.8, 4) is 16.9 Å². The maximum absolute atomic E-state index is 14.0. The zero-order valence-electron chi connectivity index (χ0n) is 15.5. The van der Waals surface area contributed by atoms with Gasteiger partial charge in [0.25, 0.3) is 0 Å². The van der Waals surface area contributed by atoms with Crippen molar-refractivity contribution in [3.05, 3.63) is 52.3 Å². The maximum atomic E-state index is 14.0. The molecule has 0 bridgehead atoms. The van der Waals surface area contributed by atoms with Crippen LogP contribution in [0, 0.1) is 12.7 Å². The first-order valence-electron chi connectivity index (χ1n) is 8.70. The van der Waals surface area contributed by atoms with Crippen LogP contribution in [0.5, 0.6) is 5.75 Å². The number of hydrogen-bond donors (Lipinski definition) is 1. The van der Waals surface area contributed by atoms with E-state index in [1.165, 1.54) is 11.1 Å². The Morgan fingerprint density at radius 2 is 1.52 bits per heavy atom.